The average molecular weight is 481 g/mol. The Kier molecular flexibility index (Phi) is 11.6. The van der Waals surface area contributed by atoms with Crippen LogP contribution in [-0.4, -0.2) is 57.6 Å². The number of halogens is 2. The second kappa shape index (κ2) is 11.2. The monoisotopic (exact) mass is 479 g/mol. The molecule has 0 aliphatic carbocycles. The number of nitrogens with zero attached hydrogens (tertiary/aromatic N) is 4. The predicted octanol–water partition coefficient (Wildman–Crippen LogP) is 5.55. The highest BCUT2D eigenvalue weighted by atomic mass is 35.5. The van der Waals surface area contributed by atoms with Crippen LogP contribution in [0.3, 0.4) is 0 Å². The van der Waals surface area contributed by atoms with E-state index in [1.807, 2.05) is 0 Å². The molecule has 3 N–H and O–H groups in total. The summed E-state index contributed by atoms with van der Waals surface area (Å²) in [5.41, 5.74) is -0.331. The van der Waals surface area contributed by atoms with Crippen LogP contribution in [0, 0.1) is 10.8 Å². The van der Waals surface area contributed by atoms with Gasteiger partial charge in [0.25, 0.3) is 0 Å². The molecular weight excluding hydrogens is 433 g/mol. The summed E-state index contributed by atoms with van der Waals surface area (Å²) < 4.78 is 0. The third-order valence-corrected chi connectivity index (χ3v) is 6.25. The van der Waals surface area contributed by atoms with Crippen LogP contribution in [0.15, 0.2) is 0 Å². The number of nitrogens with one attached hydrogen (secondary N) is 3. The molecule has 9 heteroatoms. The van der Waals surface area contributed by atoms with E-state index in [1.165, 1.54) is 0 Å². The SMILES string of the molecule is CC(CN(C)C)Nc1nc(NC(C)(C)C(C)(C)C)nc(NC(C)(C)C(C)(C)C)n1.Cl.Cl. The summed E-state index contributed by atoms with van der Waals surface area (Å²) >= 11 is 0. The lowest BCUT2D eigenvalue weighted by Crippen LogP contribution is -2.46. The lowest BCUT2D eigenvalue weighted by Gasteiger charge is -2.40. The van der Waals surface area contributed by atoms with Crippen molar-refractivity contribution in [1.82, 2.24) is 19.9 Å². The molecule has 7 nitrogen and oxygen atoms in total. The fourth-order valence-corrected chi connectivity index (χ4v) is 2.30. The van der Waals surface area contributed by atoms with Crippen LogP contribution in [0.5, 0.6) is 0 Å². The van der Waals surface area contributed by atoms with Gasteiger partial charge in [-0.1, -0.05) is 41.5 Å². The third-order valence-electron chi connectivity index (χ3n) is 6.25. The Hall–Kier alpha value is -1.05. The molecule has 1 heterocycles. The van der Waals surface area contributed by atoms with Crippen molar-refractivity contribution < 1.29 is 0 Å². The topological polar surface area (TPSA) is 78.0 Å². The quantitative estimate of drug-likeness (QED) is 0.450. The zero-order valence-corrected chi connectivity index (χ0v) is 23.5. The van der Waals surface area contributed by atoms with Gasteiger partial charge < -0.3 is 20.9 Å². The maximum absolute atomic E-state index is 4.70. The Morgan fingerprint density at radius 1 is 0.677 bits per heavy atom. The van der Waals surface area contributed by atoms with Crippen LogP contribution in [0.25, 0.3) is 0 Å². The van der Waals surface area contributed by atoms with Crippen LogP contribution in [0.4, 0.5) is 17.8 Å². The second-order valence-corrected chi connectivity index (χ2v) is 11.6. The minimum atomic E-state index is -0.197. The van der Waals surface area contributed by atoms with E-state index in [0.29, 0.717) is 17.8 Å². The van der Waals surface area contributed by atoms with E-state index in [9.17, 15) is 0 Å². The molecule has 0 fully saturated rings. The first kappa shape index (κ1) is 32.1. The number of likely N-dealkylation sites (N-methyl/N-ethyl adjacent to an activating group) is 1. The number of rotatable bonds is 8. The van der Waals surface area contributed by atoms with Crippen LogP contribution >= 0.6 is 24.8 Å². The smallest absolute Gasteiger partial charge is 0.229 e. The first-order valence-corrected chi connectivity index (χ1v) is 10.6. The standard InChI is InChI=1S/C22H45N7.2ClH/c1-15(14-29(12)13)23-16-24-17(27-21(8,9)19(2,3)4)26-18(25-16)28-22(10,11)20(5,6)7;;/h15H,14H2,1-13H3,(H3,23,24,25,26,27,28);2*1H. The maximum atomic E-state index is 4.70. The molecular formula is C22H47Cl2N7. The largest absolute Gasteiger partial charge is 0.350 e. The summed E-state index contributed by atoms with van der Waals surface area (Å²) in [7, 11) is 4.12. The Morgan fingerprint density at radius 3 is 1.29 bits per heavy atom. The molecule has 0 aliphatic heterocycles. The lowest BCUT2D eigenvalue weighted by molar-refractivity contribution is 0.251. The first-order chi connectivity index (χ1) is 12.8. The van der Waals surface area contributed by atoms with Crippen molar-refractivity contribution in [1.29, 1.82) is 0 Å². The Labute approximate surface area is 203 Å². The van der Waals surface area contributed by atoms with Gasteiger partial charge in [-0.25, -0.2) is 0 Å². The molecule has 0 aromatic carbocycles. The Balaban J connectivity index is 0. The van der Waals surface area contributed by atoms with E-state index in [-0.39, 0.29) is 52.8 Å². The van der Waals surface area contributed by atoms with Gasteiger partial charge in [-0.15, -0.1) is 24.8 Å². The van der Waals surface area contributed by atoms with Gasteiger partial charge in [-0.2, -0.15) is 15.0 Å². The van der Waals surface area contributed by atoms with Gasteiger partial charge in [-0.05, 0) is 59.5 Å². The van der Waals surface area contributed by atoms with Crippen LogP contribution < -0.4 is 16.0 Å². The molecule has 1 rings (SSSR count). The van der Waals surface area contributed by atoms with Gasteiger partial charge in [0.15, 0.2) is 0 Å². The molecule has 1 aromatic heterocycles. The van der Waals surface area contributed by atoms with Crippen molar-refractivity contribution in [3.8, 4) is 0 Å². The summed E-state index contributed by atoms with van der Waals surface area (Å²) in [5.74, 6) is 1.73. The molecule has 184 valence electrons. The van der Waals surface area contributed by atoms with Gasteiger partial charge in [0.2, 0.25) is 17.8 Å². The van der Waals surface area contributed by atoms with Crippen molar-refractivity contribution >= 4 is 42.7 Å². The molecule has 0 saturated carbocycles. The molecule has 0 amide bonds. The van der Waals surface area contributed by atoms with E-state index in [4.69, 9.17) is 4.98 Å². The van der Waals surface area contributed by atoms with Gasteiger partial charge in [0.1, 0.15) is 0 Å². The fourth-order valence-electron chi connectivity index (χ4n) is 2.30. The molecule has 1 atom stereocenters. The maximum Gasteiger partial charge on any atom is 0.229 e. The van der Waals surface area contributed by atoms with Crippen molar-refractivity contribution in [2.24, 2.45) is 10.8 Å². The van der Waals surface area contributed by atoms with Gasteiger partial charge >= 0.3 is 0 Å². The molecule has 0 spiro atoms. The highest BCUT2D eigenvalue weighted by Crippen LogP contribution is 2.34. The van der Waals surface area contributed by atoms with E-state index < -0.39 is 0 Å². The Bertz CT molecular complexity index is 631. The summed E-state index contributed by atoms with van der Waals surface area (Å²) in [6.45, 7) is 25.0. The van der Waals surface area contributed by atoms with E-state index in [2.05, 4.69) is 121 Å². The van der Waals surface area contributed by atoms with Gasteiger partial charge in [0.05, 0.1) is 0 Å². The molecule has 0 aliphatic rings. The van der Waals surface area contributed by atoms with Crippen molar-refractivity contribution in [2.45, 2.75) is 93.3 Å². The summed E-state index contributed by atoms with van der Waals surface area (Å²) in [5, 5.41) is 10.5. The normalized spacial score (nSPS) is 13.7. The predicted molar refractivity (Wildman–Crippen MR) is 140 cm³/mol. The zero-order chi connectivity index (χ0) is 22.8. The number of hydrogen-bond acceptors (Lipinski definition) is 7. The molecule has 1 unspecified atom stereocenters. The molecule has 0 bridgehead atoms. The van der Waals surface area contributed by atoms with Crippen molar-refractivity contribution in [3.63, 3.8) is 0 Å². The van der Waals surface area contributed by atoms with Crippen LogP contribution in [0.1, 0.15) is 76.2 Å². The number of hydrogen-bond donors (Lipinski definition) is 3. The molecule has 0 saturated heterocycles. The van der Waals surface area contributed by atoms with E-state index in [1.54, 1.807) is 0 Å². The van der Waals surface area contributed by atoms with E-state index in [0.717, 1.165) is 6.54 Å². The summed E-state index contributed by atoms with van der Waals surface area (Å²) in [4.78, 5) is 16.2. The second-order valence-electron chi connectivity index (χ2n) is 11.6. The average Bonchev–Trinajstić information content (AvgIpc) is 2.41. The molecule has 31 heavy (non-hydrogen) atoms. The van der Waals surface area contributed by atoms with Crippen molar-refractivity contribution in [3.05, 3.63) is 0 Å². The van der Waals surface area contributed by atoms with Gasteiger partial charge in [0, 0.05) is 23.7 Å². The van der Waals surface area contributed by atoms with Gasteiger partial charge in [-0.3, -0.25) is 0 Å². The van der Waals surface area contributed by atoms with Crippen molar-refractivity contribution in [2.75, 3.05) is 36.6 Å². The highest BCUT2D eigenvalue weighted by Gasteiger charge is 2.35. The molecule has 0 radical (unpaired) electrons. The van der Waals surface area contributed by atoms with E-state index >= 15 is 0 Å². The van der Waals surface area contributed by atoms with Crippen LogP contribution in [0.2, 0.25) is 0 Å². The minimum absolute atomic E-state index is 0. The zero-order valence-electron chi connectivity index (χ0n) is 21.9. The summed E-state index contributed by atoms with van der Waals surface area (Å²) in [6, 6.07) is 0.208. The van der Waals surface area contributed by atoms with Crippen LogP contribution in [-0.2, 0) is 0 Å². The minimum Gasteiger partial charge on any atom is -0.350 e. The molecule has 1 aromatic rings. The fraction of sp³-hybridized carbons (Fsp3) is 0.864. The number of aromatic nitrogens is 3. The first-order valence-electron chi connectivity index (χ1n) is 10.6. The highest BCUT2D eigenvalue weighted by molar-refractivity contribution is 5.85. The summed E-state index contributed by atoms with van der Waals surface area (Å²) in [6.07, 6.45) is 0. The third kappa shape index (κ3) is 9.54. The number of anilines is 3. The Morgan fingerprint density at radius 2 is 1.00 bits per heavy atom. The lowest BCUT2D eigenvalue weighted by atomic mass is 9.76.